The number of carbonyl (C=O) groups excluding carboxylic acids is 1. The van der Waals surface area contributed by atoms with Crippen molar-refractivity contribution in [1.82, 2.24) is 5.32 Å². The largest absolute Gasteiger partial charge is 0.494 e. The van der Waals surface area contributed by atoms with E-state index in [4.69, 9.17) is 16.3 Å². The van der Waals surface area contributed by atoms with Gasteiger partial charge in [-0.1, -0.05) is 24.3 Å². The first-order valence-electron chi connectivity index (χ1n) is 7.80. The highest BCUT2D eigenvalue weighted by molar-refractivity contribution is 6.17. The fourth-order valence-electron chi connectivity index (χ4n) is 2.15. The molecule has 2 rings (SSSR count). The molecule has 0 aromatic heterocycles. The summed E-state index contributed by atoms with van der Waals surface area (Å²) in [6, 6.07) is 15.7. The van der Waals surface area contributed by atoms with Gasteiger partial charge in [-0.2, -0.15) is 0 Å². The lowest BCUT2D eigenvalue weighted by atomic mass is 10.0. The van der Waals surface area contributed by atoms with E-state index in [1.807, 2.05) is 62.4 Å². The Balaban J connectivity index is 2.03. The molecule has 0 radical (unpaired) electrons. The molecule has 0 spiro atoms. The summed E-state index contributed by atoms with van der Waals surface area (Å²) in [6.07, 6.45) is 0.837. The predicted octanol–water partition coefficient (Wildman–Crippen LogP) is 4.50. The van der Waals surface area contributed by atoms with Crippen LogP contribution in [0.25, 0.3) is 11.1 Å². The zero-order chi connectivity index (χ0) is 16.7. The third-order valence-corrected chi connectivity index (χ3v) is 3.57. The second-order valence-corrected chi connectivity index (χ2v) is 6.00. The Bertz CT molecular complexity index is 621. The number of amides is 1. The van der Waals surface area contributed by atoms with Gasteiger partial charge in [0.05, 0.1) is 6.61 Å². The Morgan fingerprint density at radius 3 is 2.13 bits per heavy atom. The summed E-state index contributed by atoms with van der Waals surface area (Å²) in [6.45, 7) is 4.52. The average molecular weight is 332 g/mol. The molecule has 0 atom stereocenters. The van der Waals surface area contributed by atoms with E-state index in [9.17, 15) is 4.79 Å². The average Bonchev–Trinajstić information content (AvgIpc) is 2.55. The lowest BCUT2D eigenvalue weighted by Crippen LogP contribution is -2.29. The van der Waals surface area contributed by atoms with E-state index in [0.717, 1.165) is 23.3 Å². The van der Waals surface area contributed by atoms with Gasteiger partial charge in [0.15, 0.2) is 0 Å². The molecule has 1 amide bonds. The van der Waals surface area contributed by atoms with E-state index < -0.39 is 0 Å². The molecule has 0 heterocycles. The van der Waals surface area contributed by atoms with Crippen LogP contribution in [-0.4, -0.2) is 24.4 Å². The normalized spacial score (nSPS) is 10.6. The molecule has 0 bridgehead atoms. The van der Waals surface area contributed by atoms with Gasteiger partial charge >= 0.3 is 0 Å². The molecule has 0 aliphatic rings. The van der Waals surface area contributed by atoms with Crippen molar-refractivity contribution in [3.05, 3.63) is 54.1 Å². The number of ether oxygens (including phenoxy) is 1. The number of carbonyl (C=O) groups is 1. The van der Waals surface area contributed by atoms with Crippen LogP contribution in [0.2, 0.25) is 0 Å². The number of benzene rings is 2. The zero-order valence-electron chi connectivity index (χ0n) is 13.5. The van der Waals surface area contributed by atoms with Gasteiger partial charge in [-0.3, -0.25) is 4.79 Å². The molecule has 1 N–H and O–H groups in total. The minimum absolute atomic E-state index is 0.0467. The van der Waals surface area contributed by atoms with Crippen molar-refractivity contribution < 1.29 is 9.53 Å². The summed E-state index contributed by atoms with van der Waals surface area (Å²) in [5, 5.41) is 2.89. The van der Waals surface area contributed by atoms with Gasteiger partial charge in [0.1, 0.15) is 5.75 Å². The van der Waals surface area contributed by atoms with Crippen LogP contribution in [-0.2, 0) is 0 Å². The Labute approximate surface area is 142 Å². The maximum Gasteiger partial charge on any atom is 0.251 e. The molecule has 0 saturated carbocycles. The summed E-state index contributed by atoms with van der Waals surface area (Å²) in [5.74, 6) is 1.40. The van der Waals surface area contributed by atoms with E-state index in [1.54, 1.807) is 0 Å². The highest BCUT2D eigenvalue weighted by Gasteiger charge is 2.07. The molecule has 23 heavy (non-hydrogen) atoms. The maximum atomic E-state index is 11.9. The van der Waals surface area contributed by atoms with Crippen LogP contribution in [0.1, 0.15) is 30.6 Å². The summed E-state index contributed by atoms with van der Waals surface area (Å²) in [4.78, 5) is 11.9. The monoisotopic (exact) mass is 331 g/mol. The topological polar surface area (TPSA) is 38.3 Å². The first-order chi connectivity index (χ1) is 11.1. The highest BCUT2D eigenvalue weighted by Crippen LogP contribution is 2.23. The summed E-state index contributed by atoms with van der Waals surface area (Å²) >= 11 is 5.63. The second-order valence-electron chi connectivity index (χ2n) is 5.62. The third kappa shape index (κ3) is 5.29. The number of nitrogens with one attached hydrogen (secondary N) is 1. The molecular weight excluding hydrogens is 310 g/mol. The molecule has 2 aromatic carbocycles. The number of hydrogen-bond donors (Lipinski definition) is 1. The van der Waals surface area contributed by atoms with Gasteiger partial charge in [-0.25, -0.2) is 0 Å². The quantitative estimate of drug-likeness (QED) is 0.599. The molecule has 3 nitrogen and oxygen atoms in total. The standard InChI is InChI=1S/C19H22ClNO2/c1-14(2)21-19(22)17-6-4-15(5-7-17)16-8-10-18(11-9-16)23-13-3-12-20/h4-11,14H,3,12-13H2,1-2H3,(H,21,22). The van der Waals surface area contributed by atoms with Crippen molar-refractivity contribution in [1.29, 1.82) is 0 Å². The second kappa shape index (κ2) is 8.59. The number of halogens is 1. The molecular formula is C19H22ClNO2. The van der Waals surface area contributed by atoms with Gasteiger partial charge in [0.25, 0.3) is 5.91 Å². The van der Waals surface area contributed by atoms with Crippen molar-refractivity contribution in [2.24, 2.45) is 0 Å². The van der Waals surface area contributed by atoms with Crippen LogP contribution in [0.3, 0.4) is 0 Å². The first-order valence-corrected chi connectivity index (χ1v) is 8.33. The van der Waals surface area contributed by atoms with Crippen molar-refractivity contribution in [2.75, 3.05) is 12.5 Å². The molecule has 0 saturated heterocycles. The SMILES string of the molecule is CC(C)NC(=O)c1ccc(-c2ccc(OCCCCl)cc2)cc1. The van der Waals surface area contributed by atoms with Crippen LogP contribution in [0.5, 0.6) is 5.75 Å². The lowest BCUT2D eigenvalue weighted by molar-refractivity contribution is 0.0943. The Morgan fingerprint density at radius 1 is 1.04 bits per heavy atom. The van der Waals surface area contributed by atoms with Gasteiger partial charge in [-0.15, -0.1) is 11.6 Å². The van der Waals surface area contributed by atoms with Crippen molar-refractivity contribution in [3.8, 4) is 16.9 Å². The van der Waals surface area contributed by atoms with E-state index in [0.29, 0.717) is 18.1 Å². The molecule has 0 aliphatic heterocycles. The van der Waals surface area contributed by atoms with Gasteiger partial charge in [-0.05, 0) is 55.7 Å². The van der Waals surface area contributed by atoms with E-state index >= 15 is 0 Å². The van der Waals surface area contributed by atoms with Gasteiger partial charge < -0.3 is 10.1 Å². The molecule has 0 unspecified atom stereocenters. The van der Waals surface area contributed by atoms with E-state index in [2.05, 4.69) is 5.32 Å². The minimum Gasteiger partial charge on any atom is -0.494 e. The minimum atomic E-state index is -0.0467. The fourth-order valence-corrected chi connectivity index (χ4v) is 2.26. The lowest BCUT2D eigenvalue weighted by Gasteiger charge is -2.09. The smallest absolute Gasteiger partial charge is 0.251 e. The van der Waals surface area contributed by atoms with Crippen LogP contribution >= 0.6 is 11.6 Å². The number of hydrogen-bond acceptors (Lipinski definition) is 2. The number of rotatable bonds is 7. The van der Waals surface area contributed by atoms with Gasteiger partial charge in [0.2, 0.25) is 0 Å². The van der Waals surface area contributed by atoms with Crippen molar-refractivity contribution >= 4 is 17.5 Å². The Hall–Kier alpha value is -2.00. The van der Waals surface area contributed by atoms with Crippen LogP contribution in [0.15, 0.2) is 48.5 Å². The van der Waals surface area contributed by atoms with Crippen molar-refractivity contribution in [3.63, 3.8) is 0 Å². The maximum absolute atomic E-state index is 11.9. The first kappa shape index (κ1) is 17.4. The van der Waals surface area contributed by atoms with Crippen LogP contribution in [0, 0.1) is 0 Å². The molecule has 0 aliphatic carbocycles. The summed E-state index contributed by atoms with van der Waals surface area (Å²) < 4.78 is 5.59. The van der Waals surface area contributed by atoms with Crippen LogP contribution < -0.4 is 10.1 Å². The number of alkyl halides is 1. The highest BCUT2D eigenvalue weighted by atomic mass is 35.5. The molecule has 4 heteroatoms. The Kier molecular flexibility index (Phi) is 6.48. The van der Waals surface area contributed by atoms with Gasteiger partial charge in [0, 0.05) is 17.5 Å². The summed E-state index contributed by atoms with van der Waals surface area (Å²) in [5.41, 5.74) is 2.83. The van der Waals surface area contributed by atoms with Crippen LogP contribution in [0.4, 0.5) is 0 Å². The van der Waals surface area contributed by atoms with E-state index in [-0.39, 0.29) is 11.9 Å². The van der Waals surface area contributed by atoms with E-state index in [1.165, 1.54) is 0 Å². The third-order valence-electron chi connectivity index (χ3n) is 3.30. The van der Waals surface area contributed by atoms with Crippen molar-refractivity contribution in [2.45, 2.75) is 26.3 Å². The molecule has 122 valence electrons. The zero-order valence-corrected chi connectivity index (χ0v) is 14.3. The fraction of sp³-hybridized carbons (Fsp3) is 0.316. The summed E-state index contributed by atoms with van der Waals surface area (Å²) in [7, 11) is 0. The predicted molar refractivity (Wildman–Crippen MR) is 95.3 cm³/mol. The Morgan fingerprint density at radius 2 is 1.61 bits per heavy atom. The molecule has 2 aromatic rings. The molecule has 0 fully saturated rings.